The normalized spacial score (nSPS) is 10.8. The molecule has 1 amide bonds. The Kier molecular flexibility index (Phi) is 7.60. The molecule has 0 radical (unpaired) electrons. The fraction of sp³-hybridized carbons (Fsp3) is 0.409. The molecule has 0 aliphatic carbocycles. The Morgan fingerprint density at radius 3 is 2.37 bits per heavy atom. The average Bonchev–Trinajstić information content (AvgIpc) is 2.64. The third kappa shape index (κ3) is 5.42. The molecule has 0 unspecified atom stereocenters. The molecule has 2 aromatic rings. The van der Waals surface area contributed by atoms with Gasteiger partial charge in [0, 0.05) is 11.4 Å². The highest BCUT2D eigenvalue weighted by Gasteiger charge is 2.13. The zero-order valence-electron chi connectivity index (χ0n) is 17.0. The first kappa shape index (κ1) is 21.2. The Labute approximate surface area is 166 Å². The van der Waals surface area contributed by atoms with E-state index in [0.717, 1.165) is 33.9 Å². The molecule has 5 heteroatoms. The van der Waals surface area contributed by atoms with Crippen molar-refractivity contribution in [2.75, 3.05) is 25.3 Å². The summed E-state index contributed by atoms with van der Waals surface area (Å²) in [6.07, 6.45) is 0. The second-order valence-electron chi connectivity index (χ2n) is 6.87. The van der Waals surface area contributed by atoms with Gasteiger partial charge in [-0.2, -0.15) is 0 Å². The van der Waals surface area contributed by atoms with Crippen molar-refractivity contribution in [3.63, 3.8) is 0 Å². The average molecular weight is 388 g/mol. The minimum absolute atomic E-state index is 0.0225. The Morgan fingerprint density at radius 1 is 1.07 bits per heavy atom. The molecule has 2 rings (SSSR count). The Hall–Kier alpha value is -2.14. The van der Waals surface area contributed by atoms with E-state index in [2.05, 4.69) is 25.2 Å². The van der Waals surface area contributed by atoms with Gasteiger partial charge in [-0.25, -0.2) is 0 Å². The van der Waals surface area contributed by atoms with Gasteiger partial charge in [0.25, 0.3) is 0 Å². The molecule has 27 heavy (non-hydrogen) atoms. The maximum atomic E-state index is 12.5. The van der Waals surface area contributed by atoms with Crippen LogP contribution in [-0.2, 0) is 10.5 Å². The van der Waals surface area contributed by atoms with Gasteiger partial charge in [-0.3, -0.25) is 4.79 Å². The summed E-state index contributed by atoms with van der Waals surface area (Å²) >= 11 is 1.59. The lowest BCUT2D eigenvalue weighted by Gasteiger charge is -2.16. The van der Waals surface area contributed by atoms with E-state index in [-0.39, 0.29) is 5.91 Å². The van der Waals surface area contributed by atoms with Gasteiger partial charge >= 0.3 is 0 Å². The number of para-hydroxylation sites is 1. The summed E-state index contributed by atoms with van der Waals surface area (Å²) in [7, 11) is 3.26. The van der Waals surface area contributed by atoms with Crippen LogP contribution in [0.2, 0.25) is 0 Å². The number of rotatable bonds is 8. The number of methoxy groups -OCH3 is 2. The molecule has 0 saturated carbocycles. The van der Waals surface area contributed by atoms with Gasteiger partial charge in [0.2, 0.25) is 5.91 Å². The van der Waals surface area contributed by atoms with Gasteiger partial charge in [-0.15, -0.1) is 11.8 Å². The number of amides is 1. The lowest BCUT2D eigenvalue weighted by atomic mass is 9.98. The number of carbonyl (C=O) groups excluding carboxylic acids is 1. The standard InChI is InChI=1S/C22H29NO3S/c1-14(2)18-9-7-8-15(3)22(18)23-21(24)13-27-12-17-11-20(26-6)19(25-5)10-16(17)4/h7-11,14H,12-13H2,1-6H3,(H,23,24). The number of ether oxygens (including phenoxy) is 2. The van der Waals surface area contributed by atoms with Crippen LogP contribution in [0.25, 0.3) is 0 Å². The molecule has 1 N–H and O–H groups in total. The number of thioether (sulfide) groups is 1. The summed E-state index contributed by atoms with van der Waals surface area (Å²) in [5.41, 5.74) is 5.48. The minimum Gasteiger partial charge on any atom is -0.493 e. The van der Waals surface area contributed by atoms with Crippen molar-refractivity contribution in [1.29, 1.82) is 0 Å². The summed E-state index contributed by atoms with van der Waals surface area (Å²) in [5.74, 6) is 2.97. The van der Waals surface area contributed by atoms with E-state index in [1.165, 1.54) is 5.56 Å². The first-order valence-electron chi connectivity index (χ1n) is 9.06. The summed E-state index contributed by atoms with van der Waals surface area (Å²) in [6.45, 7) is 8.35. The quantitative estimate of drug-likeness (QED) is 0.666. The molecular weight excluding hydrogens is 358 g/mol. The lowest BCUT2D eigenvalue weighted by molar-refractivity contribution is -0.113. The maximum absolute atomic E-state index is 12.5. The van der Waals surface area contributed by atoms with Crippen LogP contribution in [0.1, 0.15) is 42.0 Å². The molecule has 0 atom stereocenters. The van der Waals surface area contributed by atoms with Crippen LogP contribution in [0.15, 0.2) is 30.3 Å². The Bertz CT molecular complexity index is 802. The molecule has 0 aliphatic heterocycles. The van der Waals surface area contributed by atoms with E-state index in [1.54, 1.807) is 26.0 Å². The number of carbonyl (C=O) groups is 1. The summed E-state index contributed by atoms with van der Waals surface area (Å²) in [6, 6.07) is 10.1. The van der Waals surface area contributed by atoms with Gasteiger partial charge in [0.15, 0.2) is 11.5 Å². The van der Waals surface area contributed by atoms with Crippen LogP contribution in [0.5, 0.6) is 11.5 Å². The van der Waals surface area contributed by atoms with Crippen molar-refractivity contribution < 1.29 is 14.3 Å². The van der Waals surface area contributed by atoms with Crippen LogP contribution in [0.3, 0.4) is 0 Å². The molecular formula is C22H29NO3S. The van der Waals surface area contributed by atoms with Crippen LogP contribution in [0.4, 0.5) is 5.69 Å². The van der Waals surface area contributed by atoms with Gasteiger partial charge in [0.1, 0.15) is 0 Å². The molecule has 0 aromatic heterocycles. The maximum Gasteiger partial charge on any atom is 0.234 e. The first-order valence-corrected chi connectivity index (χ1v) is 10.2. The minimum atomic E-state index is 0.0225. The van der Waals surface area contributed by atoms with Crippen LogP contribution in [-0.4, -0.2) is 25.9 Å². The third-order valence-corrected chi connectivity index (χ3v) is 5.51. The van der Waals surface area contributed by atoms with E-state index in [4.69, 9.17) is 9.47 Å². The van der Waals surface area contributed by atoms with Crippen LogP contribution in [0, 0.1) is 13.8 Å². The number of benzene rings is 2. The zero-order chi connectivity index (χ0) is 20.0. The molecule has 0 fully saturated rings. The highest BCUT2D eigenvalue weighted by molar-refractivity contribution is 7.99. The van der Waals surface area contributed by atoms with E-state index >= 15 is 0 Å². The molecule has 0 spiro atoms. The molecule has 146 valence electrons. The molecule has 0 bridgehead atoms. The number of hydrogen-bond donors (Lipinski definition) is 1. The lowest BCUT2D eigenvalue weighted by Crippen LogP contribution is -2.16. The summed E-state index contributed by atoms with van der Waals surface area (Å²) in [4.78, 5) is 12.5. The van der Waals surface area contributed by atoms with Crippen molar-refractivity contribution in [2.45, 2.75) is 39.4 Å². The molecule has 0 saturated heterocycles. The molecule has 0 aliphatic rings. The molecule has 2 aromatic carbocycles. The topological polar surface area (TPSA) is 47.6 Å². The fourth-order valence-corrected chi connectivity index (χ4v) is 3.84. The van der Waals surface area contributed by atoms with Gasteiger partial charge in [0.05, 0.1) is 20.0 Å². The highest BCUT2D eigenvalue weighted by atomic mass is 32.2. The second-order valence-corrected chi connectivity index (χ2v) is 7.85. The highest BCUT2D eigenvalue weighted by Crippen LogP contribution is 2.32. The van der Waals surface area contributed by atoms with Gasteiger partial charge in [-0.1, -0.05) is 32.0 Å². The Balaban J connectivity index is 2.00. The fourth-order valence-electron chi connectivity index (χ4n) is 2.95. The zero-order valence-corrected chi connectivity index (χ0v) is 17.8. The molecule has 4 nitrogen and oxygen atoms in total. The Morgan fingerprint density at radius 2 is 1.74 bits per heavy atom. The van der Waals surface area contributed by atoms with Crippen molar-refractivity contribution in [3.05, 3.63) is 52.6 Å². The third-order valence-electron chi connectivity index (χ3n) is 4.52. The summed E-state index contributed by atoms with van der Waals surface area (Å²) in [5, 5.41) is 3.10. The van der Waals surface area contributed by atoms with Crippen LogP contribution < -0.4 is 14.8 Å². The number of anilines is 1. The SMILES string of the molecule is COc1cc(C)c(CSCC(=O)Nc2c(C)cccc2C(C)C)cc1OC. The van der Waals surface area contributed by atoms with Crippen LogP contribution >= 0.6 is 11.8 Å². The van der Waals surface area contributed by atoms with Gasteiger partial charge < -0.3 is 14.8 Å². The van der Waals surface area contributed by atoms with Crippen molar-refractivity contribution in [1.82, 2.24) is 0 Å². The predicted molar refractivity (Wildman–Crippen MR) is 114 cm³/mol. The van der Waals surface area contributed by atoms with E-state index in [9.17, 15) is 4.79 Å². The van der Waals surface area contributed by atoms with Crippen molar-refractivity contribution in [3.8, 4) is 11.5 Å². The molecule has 0 heterocycles. The van der Waals surface area contributed by atoms with Crippen molar-refractivity contribution >= 4 is 23.4 Å². The monoisotopic (exact) mass is 387 g/mol. The second kappa shape index (κ2) is 9.70. The van der Waals surface area contributed by atoms with E-state index in [0.29, 0.717) is 17.4 Å². The summed E-state index contributed by atoms with van der Waals surface area (Å²) < 4.78 is 10.7. The van der Waals surface area contributed by atoms with E-state index < -0.39 is 0 Å². The first-order chi connectivity index (χ1) is 12.9. The van der Waals surface area contributed by atoms with Crippen molar-refractivity contribution in [2.24, 2.45) is 0 Å². The number of nitrogens with one attached hydrogen (secondary N) is 1. The number of aryl methyl sites for hydroxylation is 2. The number of hydrogen-bond acceptors (Lipinski definition) is 4. The smallest absolute Gasteiger partial charge is 0.234 e. The largest absolute Gasteiger partial charge is 0.493 e. The predicted octanol–water partition coefficient (Wildman–Crippen LogP) is 5.32. The van der Waals surface area contributed by atoms with Gasteiger partial charge in [-0.05, 0) is 54.2 Å². The van der Waals surface area contributed by atoms with E-state index in [1.807, 2.05) is 38.1 Å².